The minimum atomic E-state index is -0.895. The van der Waals surface area contributed by atoms with Gasteiger partial charge in [0.05, 0.1) is 5.56 Å². The Morgan fingerprint density at radius 1 is 0.944 bits per heavy atom. The molecular weight excluding hydrogens is 228 g/mol. The SMILES string of the molecule is O=C(O)c1ccc2c(c1)C1OC2c2ccccc21. The average molecular weight is 238 g/mol. The van der Waals surface area contributed by atoms with E-state index in [2.05, 4.69) is 12.1 Å². The van der Waals surface area contributed by atoms with Crippen molar-refractivity contribution in [3.05, 3.63) is 70.3 Å². The second-order valence-electron chi connectivity index (χ2n) is 4.67. The van der Waals surface area contributed by atoms with Gasteiger partial charge < -0.3 is 9.84 Å². The molecule has 0 aromatic heterocycles. The van der Waals surface area contributed by atoms with Gasteiger partial charge in [-0.3, -0.25) is 0 Å². The molecule has 18 heavy (non-hydrogen) atoms. The van der Waals surface area contributed by atoms with Crippen molar-refractivity contribution in [3.63, 3.8) is 0 Å². The summed E-state index contributed by atoms with van der Waals surface area (Å²) in [5.41, 5.74) is 4.79. The molecule has 2 unspecified atom stereocenters. The van der Waals surface area contributed by atoms with E-state index in [0.717, 1.165) is 16.7 Å². The Bertz CT molecular complexity index is 675. The van der Waals surface area contributed by atoms with Crippen molar-refractivity contribution < 1.29 is 14.6 Å². The van der Waals surface area contributed by atoms with E-state index in [-0.39, 0.29) is 12.2 Å². The maximum atomic E-state index is 11.0. The van der Waals surface area contributed by atoms with Gasteiger partial charge in [-0.2, -0.15) is 0 Å². The zero-order valence-corrected chi connectivity index (χ0v) is 9.46. The molecule has 2 aliphatic heterocycles. The largest absolute Gasteiger partial charge is 0.478 e. The van der Waals surface area contributed by atoms with Crippen molar-refractivity contribution in [1.82, 2.24) is 0 Å². The van der Waals surface area contributed by atoms with Crippen molar-refractivity contribution in [2.45, 2.75) is 12.2 Å². The van der Waals surface area contributed by atoms with Crippen LogP contribution in [-0.2, 0) is 4.74 Å². The summed E-state index contributed by atoms with van der Waals surface area (Å²) in [5.74, 6) is -0.895. The zero-order chi connectivity index (χ0) is 12.3. The molecule has 0 saturated heterocycles. The molecule has 0 spiro atoms. The number of rotatable bonds is 1. The minimum Gasteiger partial charge on any atom is -0.478 e. The molecular formula is C15H10O3. The number of hydrogen-bond acceptors (Lipinski definition) is 2. The Labute approximate surface area is 104 Å². The lowest BCUT2D eigenvalue weighted by molar-refractivity contribution is 0.0696. The summed E-state index contributed by atoms with van der Waals surface area (Å²) < 4.78 is 5.95. The van der Waals surface area contributed by atoms with E-state index in [1.54, 1.807) is 12.1 Å². The summed E-state index contributed by atoms with van der Waals surface area (Å²) in [6.07, 6.45) is -0.121. The van der Waals surface area contributed by atoms with Gasteiger partial charge in [-0.15, -0.1) is 0 Å². The molecule has 4 rings (SSSR count). The van der Waals surface area contributed by atoms with E-state index in [9.17, 15) is 4.79 Å². The van der Waals surface area contributed by atoms with Crippen LogP contribution >= 0.6 is 0 Å². The number of hydrogen-bond donors (Lipinski definition) is 1. The van der Waals surface area contributed by atoms with E-state index in [0.29, 0.717) is 5.56 Å². The van der Waals surface area contributed by atoms with Crippen molar-refractivity contribution >= 4 is 5.97 Å². The molecule has 2 aliphatic rings. The molecule has 2 heterocycles. The van der Waals surface area contributed by atoms with Gasteiger partial charge in [-0.05, 0) is 34.4 Å². The average Bonchev–Trinajstić information content (AvgIpc) is 2.95. The third kappa shape index (κ3) is 1.09. The van der Waals surface area contributed by atoms with E-state index in [1.165, 1.54) is 5.56 Å². The van der Waals surface area contributed by atoms with Gasteiger partial charge in [-0.1, -0.05) is 30.3 Å². The fourth-order valence-corrected chi connectivity index (χ4v) is 2.93. The normalized spacial score (nSPS) is 22.7. The molecule has 2 atom stereocenters. The lowest BCUT2D eigenvalue weighted by Gasteiger charge is -2.15. The van der Waals surface area contributed by atoms with E-state index in [1.807, 2.05) is 18.2 Å². The first-order valence-electron chi connectivity index (χ1n) is 5.87. The highest BCUT2D eigenvalue weighted by Crippen LogP contribution is 2.53. The second kappa shape index (κ2) is 3.21. The number of fused-ring (bicyclic) bond motifs is 8. The third-order valence-corrected chi connectivity index (χ3v) is 3.73. The molecule has 0 saturated carbocycles. The van der Waals surface area contributed by atoms with Gasteiger partial charge in [0.2, 0.25) is 0 Å². The Kier molecular flexibility index (Phi) is 1.76. The number of aromatic carboxylic acids is 1. The van der Waals surface area contributed by atoms with Crippen LogP contribution in [0.1, 0.15) is 44.8 Å². The summed E-state index contributed by atoms with van der Waals surface area (Å²) in [6, 6.07) is 13.4. The fourth-order valence-electron chi connectivity index (χ4n) is 2.93. The van der Waals surface area contributed by atoms with Crippen LogP contribution in [0.3, 0.4) is 0 Å². The molecule has 0 radical (unpaired) electrons. The Morgan fingerprint density at radius 2 is 1.56 bits per heavy atom. The molecule has 3 heteroatoms. The van der Waals surface area contributed by atoms with Gasteiger partial charge in [-0.25, -0.2) is 4.79 Å². The van der Waals surface area contributed by atoms with Crippen LogP contribution in [0, 0.1) is 0 Å². The van der Waals surface area contributed by atoms with Crippen LogP contribution in [0.2, 0.25) is 0 Å². The molecule has 2 aromatic rings. The molecule has 3 nitrogen and oxygen atoms in total. The molecule has 88 valence electrons. The Morgan fingerprint density at radius 3 is 2.22 bits per heavy atom. The second-order valence-corrected chi connectivity index (χ2v) is 4.67. The number of carboxylic acids is 1. The van der Waals surface area contributed by atoms with Crippen LogP contribution in [-0.4, -0.2) is 11.1 Å². The number of carboxylic acid groups (broad SMARTS) is 1. The number of benzene rings is 2. The van der Waals surface area contributed by atoms with Crippen LogP contribution in [0.5, 0.6) is 0 Å². The first-order valence-corrected chi connectivity index (χ1v) is 5.87. The zero-order valence-electron chi connectivity index (χ0n) is 9.46. The fraction of sp³-hybridized carbons (Fsp3) is 0.133. The third-order valence-electron chi connectivity index (χ3n) is 3.73. The standard InChI is InChI=1S/C15H10O3/c16-15(17)8-5-6-11-12(7-8)14-10-4-2-1-3-9(10)13(11)18-14/h1-7,13-14H,(H,16,17). The molecule has 0 aliphatic carbocycles. The van der Waals surface area contributed by atoms with Crippen LogP contribution < -0.4 is 0 Å². The molecule has 0 amide bonds. The molecule has 2 aromatic carbocycles. The highest BCUT2D eigenvalue weighted by Gasteiger charge is 2.42. The highest BCUT2D eigenvalue weighted by atomic mass is 16.5. The summed E-state index contributed by atoms with van der Waals surface area (Å²) in [5, 5.41) is 9.04. The highest BCUT2D eigenvalue weighted by molar-refractivity contribution is 5.88. The predicted molar refractivity (Wildman–Crippen MR) is 64.6 cm³/mol. The topological polar surface area (TPSA) is 46.5 Å². The Hall–Kier alpha value is -2.13. The quantitative estimate of drug-likeness (QED) is 0.830. The first-order chi connectivity index (χ1) is 8.75. The van der Waals surface area contributed by atoms with Crippen molar-refractivity contribution in [3.8, 4) is 0 Å². The van der Waals surface area contributed by atoms with Crippen molar-refractivity contribution in [1.29, 1.82) is 0 Å². The van der Waals surface area contributed by atoms with Crippen molar-refractivity contribution in [2.75, 3.05) is 0 Å². The summed E-state index contributed by atoms with van der Waals surface area (Å²) in [6.45, 7) is 0. The van der Waals surface area contributed by atoms with Crippen LogP contribution in [0.25, 0.3) is 0 Å². The number of ether oxygens (including phenoxy) is 1. The summed E-state index contributed by atoms with van der Waals surface area (Å²) in [7, 11) is 0. The van der Waals surface area contributed by atoms with Gasteiger partial charge in [0.25, 0.3) is 0 Å². The molecule has 0 fully saturated rings. The predicted octanol–water partition coefficient (Wildman–Crippen LogP) is 2.91. The van der Waals surface area contributed by atoms with E-state index < -0.39 is 5.97 Å². The number of carbonyl (C=O) groups is 1. The van der Waals surface area contributed by atoms with Gasteiger partial charge >= 0.3 is 5.97 Å². The summed E-state index contributed by atoms with van der Waals surface area (Å²) in [4.78, 5) is 11.0. The first kappa shape index (κ1) is 9.85. The van der Waals surface area contributed by atoms with E-state index >= 15 is 0 Å². The van der Waals surface area contributed by atoms with Crippen molar-refractivity contribution in [2.24, 2.45) is 0 Å². The van der Waals surface area contributed by atoms with Crippen LogP contribution in [0.15, 0.2) is 42.5 Å². The molecule has 1 N–H and O–H groups in total. The van der Waals surface area contributed by atoms with Gasteiger partial charge in [0.1, 0.15) is 12.2 Å². The van der Waals surface area contributed by atoms with Gasteiger partial charge in [0, 0.05) is 0 Å². The maximum absolute atomic E-state index is 11.0. The van der Waals surface area contributed by atoms with Gasteiger partial charge in [0.15, 0.2) is 0 Å². The lowest BCUT2D eigenvalue weighted by Crippen LogP contribution is -2.05. The summed E-state index contributed by atoms with van der Waals surface area (Å²) >= 11 is 0. The smallest absolute Gasteiger partial charge is 0.335 e. The lowest BCUT2D eigenvalue weighted by atomic mass is 9.85. The van der Waals surface area contributed by atoms with Crippen LogP contribution in [0.4, 0.5) is 0 Å². The molecule has 2 bridgehead atoms. The minimum absolute atomic E-state index is 0.0240. The Balaban J connectivity index is 1.92. The monoisotopic (exact) mass is 238 g/mol. The van der Waals surface area contributed by atoms with E-state index in [4.69, 9.17) is 9.84 Å². The maximum Gasteiger partial charge on any atom is 0.335 e.